The summed E-state index contributed by atoms with van der Waals surface area (Å²) >= 11 is 1.95. The maximum atomic E-state index is 13.9. The Balaban J connectivity index is 1.47. The highest BCUT2D eigenvalue weighted by Gasteiger charge is 2.42. The van der Waals surface area contributed by atoms with Gasteiger partial charge in [0.2, 0.25) is 5.91 Å². The summed E-state index contributed by atoms with van der Waals surface area (Å²) in [6.07, 6.45) is 3.28. The van der Waals surface area contributed by atoms with Crippen molar-refractivity contribution >= 4 is 23.4 Å². The maximum absolute atomic E-state index is 13.9. The van der Waals surface area contributed by atoms with Crippen molar-refractivity contribution in [2.75, 3.05) is 31.7 Å². The van der Waals surface area contributed by atoms with Crippen LogP contribution in [0, 0.1) is 5.82 Å². The molecule has 0 aromatic heterocycles. The second-order valence-corrected chi connectivity index (χ2v) is 9.27. The van der Waals surface area contributed by atoms with Crippen LogP contribution in [0.5, 0.6) is 0 Å². The van der Waals surface area contributed by atoms with Gasteiger partial charge < -0.3 is 14.8 Å². The van der Waals surface area contributed by atoms with Crippen LogP contribution in [-0.2, 0) is 25.4 Å². The van der Waals surface area contributed by atoms with Gasteiger partial charge in [-0.05, 0) is 61.1 Å². The molecule has 1 N–H and O–H groups in total. The van der Waals surface area contributed by atoms with Crippen molar-refractivity contribution < 1.29 is 18.7 Å². The predicted molar refractivity (Wildman–Crippen MR) is 118 cm³/mol. The largest absolute Gasteiger partial charge is 0.381 e. The molecule has 4 nitrogen and oxygen atoms in total. The fraction of sp³-hybridized carbons (Fsp3) is 0.458. The molecule has 2 aromatic rings. The van der Waals surface area contributed by atoms with Crippen LogP contribution in [0.2, 0.25) is 0 Å². The summed E-state index contributed by atoms with van der Waals surface area (Å²) in [6, 6.07) is 14.4. The molecule has 2 aliphatic rings. The molecule has 160 valence electrons. The van der Waals surface area contributed by atoms with Gasteiger partial charge in [-0.25, -0.2) is 4.39 Å². The molecule has 0 radical (unpaired) electrons. The van der Waals surface area contributed by atoms with Crippen molar-refractivity contribution in [1.29, 1.82) is 0 Å². The number of hydrogen-bond acceptors (Lipinski definition) is 4. The van der Waals surface area contributed by atoms with E-state index in [1.165, 1.54) is 17.7 Å². The Hall–Kier alpha value is -1.89. The summed E-state index contributed by atoms with van der Waals surface area (Å²) in [6.45, 7) is 2.68. The van der Waals surface area contributed by atoms with E-state index < -0.39 is 5.41 Å². The molecule has 2 saturated heterocycles. The van der Waals surface area contributed by atoms with Gasteiger partial charge in [0.1, 0.15) is 5.82 Å². The number of amides is 1. The fourth-order valence-corrected chi connectivity index (χ4v) is 5.33. The van der Waals surface area contributed by atoms with E-state index in [1.807, 2.05) is 36.0 Å². The minimum atomic E-state index is -0.771. The van der Waals surface area contributed by atoms with Crippen LogP contribution in [0.3, 0.4) is 0 Å². The zero-order valence-electron chi connectivity index (χ0n) is 17.1. The topological polar surface area (TPSA) is 47.6 Å². The summed E-state index contributed by atoms with van der Waals surface area (Å²) in [5.41, 5.74) is 1.92. The third kappa shape index (κ3) is 5.05. The van der Waals surface area contributed by atoms with E-state index in [0.717, 1.165) is 43.1 Å². The Morgan fingerprint density at radius 1 is 1.03 bits per heavy atom. The van der Waals surface area contributed by atoms with Crippen LogP contribution >= 0.6 is 11.8 Å². The molecule has 0 atom stereocenters. The number of carbonyl (C=O) groups is 1. The molecule has 1 amide bonds. The molecular weight excluding hydrogens is 401 g/mol. The van der Waals surface area contributed by atoms with Crippen LogP contribution in [-0.4, -0.2) is 37.6 Å². The van der Waals surface area contributed by atoms with Crippen molar-refractivity contribution in [3.05, 3.63) is 65.5 Å². The zero-order valence-corrected chi connectivity index (χ0v) is 17.9. The van der Waals surface area contributed by atoms with Crippen LogP contribution in [0.25, 0.3) is 0 Å². The van der Waals surface area contributed by atoms with E-state index in [4.69, 9.17) is 9.47 Å². The third-order valence-corrected chi connectivity index (χ3v) is 7.44. The summed E-state index contributed by atoms with van der Waals surface area (Å²) in [4.78, 5) is 13.4. The van der Waals surface area contributed by atoms with E-state index in [0.29, 0.717) is 31.3 Å². The van der Waals surface area contributed by atoms with Crippen LogP contribution in [0.15, 0.2) is 48.5 Å². The second kappa shape index (κ2) is 9.94. The van der Waals surface area contributed by atoms with E-state index in [1.54, 1.807) is 6.07 Å². The maximum Gasteiger partial charge on any atom is 0.235 e. The van der Waals surface area contributed by atoms with Crippen molar-refractivity contribution in [3.63, 3.8) is 0 Å². The average Bonchev–Trinajstić information content (AvgIpc) is 2.79. The first-order valence-corrected chi connectivity index (χ1v) is 11.6. The lowest BCUT2D eigenvalue weighted by Gasteiger charge is -2.36. The summed E-state index contributed by atoms with van der Waals surface area (Å²) < 4.78 is 24.8. The van der Waals surface area contributed by atoms with Gasteiger partial charge in [0.25, 0.3) is 0 Å². The minimum absolute atomic E-state index is 0.0920. The highest BCUT2D eigenvalue weighted by atomic mass is 32.2. The number of ether oxygens (including phenoxy) is 2. The molecule has 2 aromatic carbocycles. The third-order valence-electron chi connectivity index (χ3n) is 6.00. The number of halogens is 1. The molecule has 2 aliphatic heterocycles. The van der Waals surface area contributed by atoms with Crippen molar-refractivity contribution in [1.82, 2.24) is 0 Å². The van der Waals surface area contributed by atoms with Gasteiger partial charge in [-0.3, -0.25) is 4.79 Å². The van der Waals surface area contributed by atoms with Gasteiger partial charge >= 0.3 is 0 Å². The molecule has 0 spiro atoms. The first-order valence-electron chi connectivity index (χ1n) is 10.6. The van der Waals surface area contributed by atoms with Gasteiger partial charge in [-0.1, -0.05) is 24.3 Å². The Labute approximate surface area is 181 Å². The molecule has 30 heavy (non-hydrogen) atoms. The minimum Gasteiger partial charge on any atom is -0.381 e. The number of benzene rings is 2. The number of hydrogen-bond donors (Lipinski definition) is 1. The smallest absolute Gasteiger partial charge is 0.235 e. The van der Waals surface area contributed by atoms with E-state index in [-0.39, 0.29) is 11.7 Å². The predicted octanol–water partition coefficient (Wildman–Crippen LogP) is 4.92. The Kier molecular flexibility index (Phi) is 7.08. The van der Waals surface area contributed by atoms with E-state index in [9.17, 15) is 9.18 Å². The average molecular weight is 430 g/mol. The standard InChI is InChI=1S/C24H28FNO3S/c25-20-5-2-4-19(16-20)24(9-13-29-14-10-24)23(27)26-21-6-1-3-18(15-21)17-30-22-7-11-28-12-8-22/h1-6,15-16,22H,7-14,17H2,(H,26,27). The monoisotopic (exact) mass is 429 g/mol. The zero-order chi connectivity index (χ0) is 20.8. The van der Waals surface area contributed by atoms with Crippen LogP contribution in [0.4, 0.5) is 10.1 Å². The Morgan fingerprint density at radius 2 is 1.77 bits per heavy atom. The van der Waals surface area contributed by atoms with E-state index in [2.05, 4.69) is 11.4 Å². The summed E-state index contributed by atoms with van der Waals surface area (Å²) in [7, 11) is 0. The second-order valence-electron chi connectivity index (χ2n) is 7.98. The Morgan fingerprint density at radius 3 is 2.53 bits per heavy atom. The lowest BCUT2D eigenvalue weighted by Crippen LogP contribution is -2.44. The lowest BCUT2D eigenvalue weighted by molar-refractivity contribution is -0.125. The molecule has 6 heteroatoms. The van der Waals surface area contributed by atoms with Crippen molar-refractivity contribution in [2.45, 2.75) is 42.1 Å². The quantitative estimate of drug-likeness (QED) is 0.708. The van der Waals surface area contributed by atoms with Gasteiger partial charge in [0, 0.05) is 43.1 Å². The SMILES string of the molecule is O=C(Nc1cccc(CSC2CCOCC2)c1)C1(c2cccc(F)c2)CCOCC1. The molecule has 0 aliphatic carbocycles. The number of nitrogens with one attached hydrogen (secondary N) is 1. The molecule has 0 bridgehead atoms. The van der Waals surface area contributed by atoms with Crippen molar-refractivity contribution in [2.24, 2.45) is 0 Å². The number of carbonyl (C=O) groups excluding carboxylic acids is 1. The summed E-state index contributed by atoms with van der Waals surface area (Å²) in [5, 5.41) is 3.74. The molecule has 2 fully saturated rings. The lowest BCUT2D eigenvalue weighted by atomic mass is 9.73. The number of thioether (sulfide) groups is 1. The number of anilines is 1. The first-order chi connectivity index (χ1) is 14.7. The first kappa shape index (κ1) is 21.3. The molecule has 0 unspecified atom stereocenters. The van der Waals surface area contributed by atoms with Gasteiger partial charge in [-0.2, -0.15) is 11.8 Å². The molecule has 4 rings (SSSR count). The van der Waals surface area contributed by atoms with Gasteiger partial charge in [-0.15, -0.1) is 0 Å². The Bertz CT molecular complexity index is 863. The van der Waals surface area contributed by atoms with Crippen LogP contribution < -0.4 is 5.32 Å². The molecular formula is C24H28FNO3S. The number of rotatable bonds is 6. The van der Waals surface area contributed by atoms with Crippen molar-refractivity contribution in [3.8, 4) is 0 Å². The molecule has 2 heterocycles. The fourth-order valence-electron chi connectivity index (χ4n) is 4.20. The normalized spacial score (nSPS) is 19.4. The van der Waals surface area contributed by atoms with Crippen LogP contribution in [0.1, 0.15) is 36.8 Å². The highest BCUT2D eigenvalue weighted by molar-refractivity contribution is 7.99. The van der Waals surface area contributed by atoms with Gasteiger partial charge in [0.15, 0.2) is 0 Å². The van der Waals surface area contributed by atoms with E-state index >= 15 is 0 Å². The van der Waals surface area contributed by atoms with Gasteiger partial charge in [0.05, 0.1) is 5.41 Å². The summed E-state index contributed by atoms with van der Waals surface area (Å²) in [5.74, 6) is 0.501. The molecule has 0 saturated carbocycles. The highest BCUT2D eigenvalue weighted by Crippen LogP contribution is 2.36.